The van der Waals surface area contributed by atoms with Gasteiger partial charge in [-0.2, -0.15) is 0 Å². The van der Waals surface area contributed by atoms with Gasteiger partial charge in [0.1, 0.15) is 0 Å². The molecule has 0 aliphatic carbocycles. The Kier molecular flexibility index (Phi) is 2.94. The second kappa shape index (κ2) is 4.06. The zero-order valence-electron chi connectivity index (χ0n) is 8.84. The SMILES string of the molecule is CN(C)P1(=O)OCc2ccccc2CO1. The highest BCUT2D eigenvalue weighted by atomic mass is 31.2. The lowest BCUT2D eigenvalue weighted by molar-refractivity contribution is 0.172. The van der Waals surface area contributed by atoms with Crippen LogP contribution in [0.1, 0.15) is 11.1 Å². The van der Waals surface area contributed by atoms with Gasteiger partial charge < -0.3 is 0 Å². The lowest BCUT2D eigenvalue weighted by atomic mass is 10.1. The van der Waals surface area contributed by atoms with Crippen molar-refractivity contribution in [1.82, 2.24) is 4.67 Å². The zero-order valence-corrected chi connectivity index (χ0v) is 9.74. The summed E-state index contributed by atoms with van der Waals surface area (Å²) in [6, 6.07) is 7.80. The van der Waals surface area contributed by atoms with E-state index in [1.807, 2.05) is 24.3 Å². The van der Waals surface area contributed by atoms with Gasteiger partial charge in [-0.25, -0.2) is 9.24 Å². The average Bonchev–Trinajstić information content (AvgIpc) is 2.40. The van der Waals surface area contributed by atoms with Crippen LogP contribution in [0.25, 0.3) is 0 Å². The molecule has 0 atom stereocenters. The predicted octanol–water partition coefficient (Wildman–Crippen LogP) is 2.40. The highest BCUT2D eigenvalue weighted by molar-refractivity contribution is 7.51. The Morgan fingerprint density at radius 3 is 2.00 bits per heavy atom. The number of fused-ring (bicyclic) bond motifs is 1. The highest BCUT2D eigenvalue weighted by Crippen LogP contribution is 2.52. The molecule has 0 N–H and O–H groups in total. The van der Waals surface area contributed by atoms with Crippen molar-refractivity contribution in [2.45, 2.75) is 13.2 Å². The van der Waals surface area contributed by atoms with Gasteiger partial charge in [0.15, 0.2) is 0 Å². The summed E-state index contributed by atoms with van der Waals surface area (Å²) in [5, 5.41) is 0. The summed E-state index contributed by atoms with van der Waals surface area (Å²) in [5.74, 6) is 0. The molecule has 0 bridgehead atoms. The summed E-state index contributed by atoms with van der Waals surface area (Å²) in [6.45, 7) is 0.678. The molecule has 1 aliphatic rings. The van der Waals surface area contributed by atoms with Crippen LogP contribution >= 0.6 is 7.75 Å². The average molecular weight is 227 g/mol. The number of hydrogen-bond acceptors (Lipinski definition) is 3. The van der Waals surface area contributed by atoms with E-state index < -0.39 is 7.75 Å². The number of rotatable bonds is 1. The summed E-state index contributed by atoms with van der Waals surface area (Å²) in [5.41, 5.74) is 2.08. The Bertz CT molecular complexity index is 374. The van der Waals surface area contributed by atoms with Crippen molar-refractivity contribution in [3.63, 3.8) is 0 Å². The largest absolute Gasteiger partial charge is 0.408 e. The molecule has 2 rings (SSSR count). The third-order valence-corrected chi connectivity index (χ3v) is 4.27. The van der Waals surface area contributed by atoms with E-state index in [1.54, 1.807) is 14.1 Å². The van der Waals surface area contributed by atoms with E-state index in [9.17, 15) is 4.57 Å². The van der Waals surface area contributed by atoms with Crippen LogP contribution in [0.5, 0.6) is 0 Å². The van der Waals surface area contributed by atoms with Gasteiger partial charge in [-0.05, 0) is 25.2 Å². The van der Waals surface area contributed by atoms with Crippen LogP contribution in [0.2, 0.25) is 0 Å². The lowest BCUT2D eigenvalue weighted by Gasteiger charge is -2.20. The molecule has 0 aromatic heterocycles. The number of benzene rings is 1. The predicted molar refractivity (Wildman–Crippen MR) is 57.3 cm³/mol. The molecule has 0 saturated heterocycles. The Labute approximate surface area is 89.4 Å². The summed E-state index contributed by atoms with van der Waals surface area (Å²) in [7, 11) is 0.304. The number of hydrogen-bond donors (Lipinski definition) is 0. The second-order valence-corrected chi connectivity index (χ2v) is 5.88. The van der Waals surface area contributed by atoms with E-state index in [0.29, 0.717) is 13.2 Å². The molecule has 1 aromatic rings. The molecule has 82 valence electrons. The van der Waals surface area contributed by atoms with Crippen LogP contribution in [-0.2, 0) is 26.8 Å². The van der Waals surface area contributed by atoms with Crippen molar-refractivity contribution in [3.8, 4) is 0 Å². The molecule has 15 heavy (non-hydrogen) atoms. The Balaban J connectivity index is 2.26. The summed E-state index contributed by atoms with van der Waals surface area (Å²) in [6.07, 6.45) is 0. The molecule has 0 radical (unpaired) electrons. The van der Waals surface area contributed by atoms with Crippen molar-refractivity contribution < 1.29 is 13.6 Å². The first-order valence-corrected chi connectivity index (χ1v) is 6.25. The Hall–Kier alpha value is -0.670. The monoisotopic (exact) mass is 227 g/mol. The van der Waals surface area contributed by atoms with E-state index in [0.717, 1.165) is 11.1 Å². The minimum Gasteiger partial charge on any atom is -0.292 e. The quantitative estimate of drug-likeness (QED) is 0.690. The van der Waals surface area contributed by atoms with Crippen LogP contribution < -0.4 is 0 Å². The first kappa shape index (κ1) is 10.8. The fourth-order valence-electron chi connectivity index (χ4n) is 1.41. The van der Waals surface area contributed by atoms with Gasteiger partial charge in [-0.15, -0.1) is 0 Å². The van der Waals surface area contributed by atoms with Crippen LogP contribution in [0.3, 0.4) is 0 Å². The molecular weight excluding hydrogens is 213 g/mol. The summed E-state index contributed by atoms with van der Waals surface area (Å²) >= 11 is 0. The summed E-state index contributed by atoms with van der Waals surface area (Å²) in [4.78, 5) is 0. The van der Waals surface area contributed by atoms with Crippen LogP contribution in [0.4, 0.5) is 0 Å². The van der Waals surface area contributed by atoms with Crippen molar-refractivity contribution in [2.24, 2.45) is 0 Å². The maximum absolute atomic E-state index is 12.1. The molecular formula is C10H14NO3P. The topological polar surface area (TPSA) is 38.8 Å². The van der Waals surface area contributed by atoms with Gasteiger partial charge in [0, 0.05) is 0 Å². The minimum atomic E-state index is -3.08. The van der Waals surface area contributed by atoms with E-state index >= 15 is 0 Å². The highest BCUT2D eigenvalue weighted by Gasteiger charge is 2.30. The van der Waals surface area contributed by atoms with E-state index in [2.05, 4.69) is 0 Å². The molecule has 0 unspecified atom stereocenters. The van der Waals surface area contributed by atoms with Gasteiger partial charge in [0.25, 0.3) is 0 Å². The first-order valence-electron chi connectivity index (χ1n) is 4.75. The maximum atomic E-state index is 12.1. The minimum absolute atomic E-state index is 0.339. The molecule has 4 nitrogen and oxygen atoms in total. The summed E-state index contributed by atoms with van der Waals surface area (Å²) < 4.78 is 24.3. The molecule has 1 heterocycles. The molecule has 0 amide bonds. The van der Waals surface area contributed by atoms with Gasteiger partial charge >= 0.3 is 7.75 Å². The Morgan fingerprint density at radius 2 is 1.60 bits per heavy atom. The molecule has 1 aliphatic heterocycles. The molecule has 0 spiro atoms. The van der Waals surface area contributed by atoms with Gasteiger partial charge in [0.2, 0.25) is 0 Å². The molecule has 0 saturated carbocycles. The third kappa shape index (κ3) is 2.13. The lowest BCUT2D eigenvalue weighted by Crippen LogP contribution is -2.11. The maximum Gasteiger partial charge on any atom is 0.408 e. The van der Waals surface area contributed by atoms with E-state index in [4.69, 9.17) is 9.05 Å². The van der Waals surface area contributed by atoms with Crippen LogP contribution in [0, 0.1) is 0 Å². The second-order valence-electron chi connectivity index (χ2n) is 3.63. The van der Waals surface area contributed by atoms with Crippen molar-refractivity contribution >= 4 is 7.75 Å². The van der Waals surface area contributed by atoms with Gasteiger partial charge in [-0.1, -0.05) is 24.3 Å². The first-order chi connectivity index (χ1) is 7.12. The zero-order chi connectivity index (χ0) is 10.9. The standard InChI is InChI=1S/C10H14NO3P/c1-11(2)15(12)13-7-9-5-3-4-6-10(9)8-14-15/h3-6H,7-8H2,1-2H3. The fourth-order valence-corrected chi connectivity index (χ4v) is 2.55. The smallest absolute Gasteiger partial charge is 0.292 e. The van der Waals surface area contributed by atoms with E-state index in [-0.39, 0.29) is 0 Å². The normalized spacial score (nSPS) is 19.7. The molecule has 1 aromatic carbocycles. The Morgan fingerprint density at radius 1 is 1.13 bits per heavy atom. The van der Waals surface area contributed by atoms with Crippen molar-refractivity contribution in [2.75, 3.05) is 14.1 Å². The number of nitrogens with zero attached hydrogens (tertiary/aromatic N) is 1. The van der Waals surface area contributed by atoms with Gasteiger partial charge in [-0.3, -0.25) is 9.05 Å². The van der Waals surface area contributed by atoms with E-state index in [1.165, 1.54) is 4.67 Å². The van der Waals surface area contributed by atoms with Crippen LogP contribution in [0.15, 0.2) is 24.3 Å². The third-order valence-electron chi connectivity index (χ3n) is 2.37. The van der Waals surface area contributed by atoms with Crippen LogP contribution in [-0.4, -0.2) is 18.8 Å². The van der Waals surface area contributed by atoms with Gasteiger partial charge in [0.05, 0.1) is 13.2 Å². The van der Waals surface area contributed by atoms with Crippen molar-refractivity contribution in [1.29, 1.82) is 0 Å². The van der Waals surface area contributed by atoms with Crippen molar-refractivity contribution in [3.05, 3.63) is 35.4 Å². The molecule has 0 fully saturated rings. The molecule has 5 heteroatoms. The fraction of sp³-hybridized carbons (Fsp3) is 0.400.